The molecule has 100 valence electrons. The van der Waals surface area contributed by atoms with Crippen LogP contribution in [0.5, 0.6) is 0 Å². The maximum atomic E-state index is 6.37. The van der Waals surface area contributed by atoms with Crippen molar-refractivity contribution < 1.29 is 4.74 Å². The smallest absolute Gasteiger partial charge is 0.0722 e. The van der Waals surface area contributed by atoms with Gasteiger partial charge in [-0.15, -0.1) is 0 Å². The molecule has 1 aromatic carbocycles. The van der Waals surface area contributed by atoms with Crippen molar-refractivity contribution in [1.82, 2.24) is 0 Å². The largest absolute Gasteiger partial charge is 0.375 e. The van der Waals surface area contributed by atoms with Crippen molar-refractivity contribution in [3.05, 3.63) is 28.8 Å². The van der Waals surface area contributed by atoms with Crippen LogP contribution in [0.4, 0.5) is 5.69 Å². The molecule has 1 aliphatic rings. The van der Waals surface area contributed by atoms with E-state index >= 15 is 0 Å². The standard InChI is InChI=1S/C14H21ClN2O/c1-10(16)8-12-4-3-5-13(15)14(12)17-6-7-18-11(2)9-17/h3-5,10-11H,6-9,16H2,1-2H3. The van der Waals surface area contributed by atoms with Crippen molar-refractivity contribution in [2.45, 2.75) is 32.4 Å². The van der Waals surface area contributed by atoms with Crippen LogP contribution < -0.4 is 10.6 Å². The van der Waals surface area contributed by atoms with Crippen molar-refractivity contribution in [3.63, 3.8) is 0 Å². The summed E-state index contributed by atoms with van der Waals surface area (Å²) in [7, 11) is 0. The first-order valence-corrected chi connectivity index (χ1v) is 6.85. The molecule has 0 spiro atoms. The molecule has 18 heavy (non-hydrogen) atoms. The summed E-state index contributed by atoms with van der Waals surface area (Å²) >= 11 is 6.37. The Kier molecular flexibility index (Phi) is 4.49. The Morgan fingerprint density at radius 3 is 3.00 bits per heavy atom. The van der Waals surface area contributed by atoms with Crippen molar-refractivity contribution in [3.8, 4) is 0 Å². The number of nitrogens with two attached hydrogens (primary N) is 1. The van der Waals surface area contributed by atoms with Crippen LogP contribution in [-0.4, -0.2) is 31.8 Å². The molecule has 0 aromatic heterocycles. The topological polar surface area (TPSA) is 38.5 Å². The lowest BCUT2D eigenvalue weighted by molar-refractivity contribution is 0.0532. The highest BCUT2D eigenvalue weighted by atomic mass is 35.5. The van der Waals surface area contributed by atoms with Crippen LogP contribution in [0.15, 0.2) is 18.2 Å². The number of morpholine rings is 1. The number of ether oxygens (including phenoxy) is 1. The van der Waals surface area contributed by atoms with Gasteiger partial charge in [0.2, 0.25) is 0 Å². The van der Waals surface area contributed by atoms with E-state index < -0.39 is 0 Å². The quantitative estimate of drug-likeness (QED) is 0.915. The normalized spacial score (nSPS) is 22.0. The molecule has 0 saturated carbocycles. The van der Waals surface area contributed by atoms with Gasteiger partial charge in [0.15, 0.2) is 0 Å². The fraction of sp³-hybridized carbons (Fsp3) is 0.571. The zero-order valence-electron chi connectivity index (χ0n) is 11.0. The molecule has 0 amide bonds. The molecule has 2 rings (SSSR count). The summed E-state index contributed by atoms with van der Waals surface area (Å²) < 4.78 is 5.58. The molecule has 1 aliphatic heterocycles. The van der Waals surface area contributed by atoms with E-state index in [2.05, 4.69) is 17.9 Å². The molecule has 2 atom stereocenters. The van der Waals surface area contributed by atoms with Crippen LogP contribution in [0.2, 0.25) is 5.02 Å². The number of halogens is 1. The molecule has 1 heterocycles. The molecule has 0 radical (unpaired) electrons. The summed E-state index contributed by atoms with van der Waals surface area (Å²) in [5.74, 6) is 0. The van der Waals surface area contributed by atoms with Gasteiger partial charge in [0, 0.05) is 19.1 Å². The van der Waals surface area contributed by atoms with Crippen molar-refractivity contribution in [2.75, 3.05) is 24.6 Å². The Hall–Kier alpha value is -0.770. The first-order valence-electron chi connectivity index (χ1n) is 6.47. The highest BCUT2D eigenvalue weighted by Crippen LogP contribution is 2.31. The Bertz CT molecular complexity index is 409. The van der Waals surface area contributed by atoms with Crippen molar-refractivity contribution >= 4 is 17.3 Å². The van der Waals surface area contributed by atoms with Gasteiger partial charge in [0.25, 0.3) is 0 Å². The SMILES string of the molecule is CC(N)Cc1cccc(Cl)c1N1CCOC(C)C1. The molecular weight excluding hydrogens is 248 g/mol. The molecular formula is C14H21ClN2O. The van der Waals surface area contributed by atoms with Gasteiger partial charge in [0.05, 0.1) is 23.4 Å². The Balaban J connectivity index is 2.29. The maximum absolute atomic E-state index is 6.37. The minimum Gasteiger partial charge on any atom is -0.375 e. The lowest BCUT2D eigenvalue weighted by Crippen LogP contribution is -2.41. The van der Waals surface area contributed by atoms with Gasteiger partial charge in [-0.3, -0.25) is 0 Å². The maximum Gasteiger partial charge on any atom is 0.0722 e. The minimum absolute atomic E-state index is 0.140. The van der Waals surface area contributed by atoms with Gasteiger partial charge in [-0.05, 0) is 31.9 Å². The molecule has 1 fully saturated rings. The van der Waals surface area contributed by atoms with E-state index in [9.17, 15) is 0 Å². The summed E-state index contributed by atoms with van der Waals surface area (Å²) in [5, 5.41) is 0.808. The number of anilines is 1. The van der Waals surface area contributed by atoms with E-state index in [1.807, 2.05) is 19.1 Å². The summed E-state index contributed by atoms with van der Waals surface area (Å²) in [5.41, 5.74) is 8.27. The third-order valence-electron chi connectivity index (χ3n) is 3.17. The number of nitrogens with zero attached hydrogens (tertiary/aromatic N) is 1. The first-order chi connectivity index (χ1) is 8.58. The Morgan fingerprint density at radius 2 is 2.33 bits per heavy atom. The second-order valence-corrected chi connectivity index (χ2v) is 5.46. The summed E-state index contributed by atoms with van der Waals surface area (Å²) in [6.07, 6.45) is 1.10. The average Bonchev–Trinajstić information content (AvgIpc) is 2.28. The van der Waals surface area contributed by atoms with E-state index in [0.29, 0.717) is 0 Å². The molecule has 1 saturated heterocycles. The fourth-order valence-electron chi connectivity index (χ4n) is 2.45. The van der Waals surface area contributed by atoms with Crippen LogP contribution in [-0.2, 0) is 11.2 Å². The number of hydrogen-bond acceptors (Lipinski definition) is 3. The van der Waals surface area contributed by atoms with Crippen molar-refractivity contribution in [1.29, 1.82) is 0 Å². The van der Waals surface area contributed by atoms with Gasteiger partial charge in [-0.25, -0.2) is 0 Å². The van der Waals surface area contributed by atoms with Crippen molar-refractivity contribution in [2.24, 2.45) is 5.73 Å². The van der Waals surface area contributed by atoms with E-state index in [4.69, 9.17) is 22.1 Å². The highest BCUT2D eigenvalue weighted by Gasteiger charge is 2.21. The fourth-order valence-corrected chi connectivity index (χ4v) is 2.76. The Morgan fingerprint density at radius 1 is 1.56 bits per heavy atom. The molecule has 3 nitrogen and oxygen atoms in total. The van der Waals surface area contributed by atoms with E-state index in [1.165, 1.54) is 5.56 Å². The number of rotatable bonds is 3. The van der Waals surface area contributed by atoms with Crippen LogP contribution >= 0.6 is 11.6 Å². The van der Waals surface area contributed by atoms with Crippen LogP contribution in [0.3, 0.4) is 0 Å². The van der Waals surface area contributed by atoms with Gasteiger partial charge >= 0.3 is 0 Å². The third kappa shape index (κ3) is 3.16. The number of para-hydroxylation sites is 1. The molecule has 1 aromatic rings. The highest BCUT2D eigenvalue weighted by molar-refractivity contribution is 6.33. The van der Waals surface area contributed by atoms with Gasteiger partial charge in [-0.2, -0.15) is 0 Å². The van der Waals surface area contributed by atoms with Crippen LogP contribution in [0.25, 0.3) is 0 Å². The summed E-state index contributed by atoms with van der Waals surface area (Å²) in [4.78, 5) is 2.31. The minimum atomic E-state index is 0.140. The van der Waals surface area contributed by atoms with E-state index in [0.717, 1.165) is 36.8 Å². The number of hydrogen-bond donors (Lipinski definition) is 1. The Labute approximate surface area is 114 Å². The van der Waals surface area contributed by atoms with E-state index in [1.54, 1.807) is 0 Å². The molecule has 0 bridgehead atoms. The predicted molar refractivity (Wildman–Crippen MR) is 76.4 cm³/mol. The molecule has 4 heteroatoms. The molecule has 2 unspecified atom stereocenters. The second-order valence-electron chi connectivity index (χ2n) is 5.06. The third-order valence-corrected chi connectivity index (χ3v) is 3.47. The van der Waals surface area contributed by atoms with Gasteiger partial charge < -0.3 is 15.4 Å². The predicted octanol–water partition coefficient (Wildman–Crippen LogP) is 2.45. The van der Waals surface area contributed by atoms with Gasteiger partial charge in [-0.1, -0.05) is 23.7 Å². The lowest BCUT2D eigenvalue weighted by Gasteiger charge is -2.35. The van der Waals surface area contributed by atoms with Crippen LogP contribution in [0.1, 0.15) is 19.4 Å². The number of benzene rings is 1. The lowest BCUT2D eigenvalue weighted by atomic mass is 10.0. The zero-order valence-corrected chi connectivity index (χ0v) is 11.8. The zero-order chi connectivity index (χ0) is 13.1. The summed E-state index contributed by atoms with van der Waals surface area (Å²) in [6, 6.07) is 6.19. The van der Waals surface area contributed by atoms with Crippen LogP contribution in [0, 0.1) is 0 Å². The average molecular weight is 269 g/mol. The van der Waals surface area contributed by atoms with Gasteiger partial charge in [0.1, 0.15) is 0 Å². The summed E-state index contributed by atoms with van der Waals surface area (Å²) in [6.45, 7) is 6.64. The molecule has 2 N–H and O–H groups in total. The second kappa shape index (κ2) is 5.91. The first kappa shape index (κ1) is 13.7. The van der Waals surface area contributed by atoms with E-state index in [-0.39, 0.29) is 12.1 Å². The molecule has 0 aliphatic carbocycles. The monoisotopic (exact) mass is 268 g/mol.